The van der Waals surface area contributed by atoms with Crippen molar-refractivity contribution >= 4 is 29.2 Å². The highest BCUT2D eigenvalue weighted by Crippen LogP contribution is 2.22. The number of carbonyl (C=O) groups is 3. The molecule has 0 saturated carbocycles. The molecule has 0 unspecified atom stereocenters. The lowest BCUT2D eigenvalue weighted by atomic mass is 10.1. The Morgan fingerprint density at radius 3 is 3.04 bits per heavy atom. The molecule has 0 aromatic carbocycles. The summed E-state index contributed by atoms with van der Waals surface area (Å²) in [6, 6.07) is 1.87. The standard InChI is InChI=1S/C14H15N3O5S/c1-2-21-13(19)10-8-23-12(16-10)9(6-15)11(18)7-17-4-3-5-22-14(17)20/h8-9H,2-5,7H2,1H3/t9-/m0/s1. The van der Waals surface area contributed by atoms with Gasteiger partial charge in [0.2, 0.25) is 0 Å². The van der Waals surface area contributed by atoms with Crippen molar-refractivity contribution in [2.75, 3.05) is 26.3 Å². The normalized spacial score (nSPS) is 15.5. The van der Waals surface area contributed by atoms with Crippen molar-refractivity contribution in [1.82, 2.24) is 9.88 Å². The fourth-order valence-corrected chi connectivity index (χ4v) is 2.86. The van der Waals surface area contributed by atoms with Crippen molar-refractivity contribution in [3.8, 4) is 6.07 Å². The van der Waals surface area contributed by atoms with Gasteiger partial charge < -0.3 is 14.4 Å². The predicted octanol–water partition coefficient (Wildman–Crippen LogP) is 1.34. The Morgan fingerprint density at radius 2 is 2.39 bits per heavy atom. The number of esters is 1. The van der Waals surface area contributed by atoms with Gasteiger partial charge in [0.05, 0.1) is 25.8 Å². The smallest absolute Gasteiger partial charge is 0.410 e. The molecule has 23 heavy (non-hydrogen) atoms. The lowest BCUT2D eigenvalue weighted by Crippen LogP contribution is -2.41. The third-order valence-electron chi connectivity index (χ3n) is 3.11. The van der Waals surface area contributed by atoms with Gasteiger partial charge in [0.1, 0.15) is 5.01 Å². The van der Waals surface area contributed by atoms with Crippen LogP contribution >= 0.6 is 11.3 Å². The van der Waals surface area contributed by atoms with Crippen LogP contribution in [0.4, 0.5) is 4.79 Å². The maximum Gasteiger partial charge on any atom is 0.410 e. The predicted molar refractivity (Wildman–Crippen MR) is 79.0 cm³/mol. The number of ketones is 1. The van der Waals surface area contributed by atoms with Gasteiger partial charge in [-0.15, -0.1) is 11.3 Å². The first kappa shape index (κ1) is 16.9. The molecular formula is C14H15N3O5S. The summed E-state index contributed by atoms with van der Waals surface area (Å²) < 4.78 is 9.67. The van der Waals surface area contributed by atoms with Crippen LogP contribution in [-0.4, -0.2) is 54.0 Å². The number of cyclic esters (lactones) is 1. The number of hydrogen-bond donors (Lipinski definition) is 0. The van der Waals surface area contributed by atoms with E-state index in [0.717, 1.165) is 11.3 Å². The summed E-state index contributed by atoms with van der Waals surface area (Å²) in [6.45, 7) is 2.41. The van der Waals surface area contributed by atoms with Crippen LogP contribution in [0.5, 0.6) is 0 Å². The summed E-state index contributed by atoms with van der Waals surface area (Å²) in [4.78, 5) is 40.7. The highest BCUT2D eigenvalue weighted by Gasteiger charge is 2.29. The highest BCUT2D eigenvalue weighted by atomic mass is 32.1. The largest absolute Gasteiger partial charge is 0.461 e. The van der Waals surface area contributed by atoms with E-state index >= 15 is 0 Å². The van der Waals surface area contributed by atoms with Crippen molar-refractivity contribution in [3.63, 3.8) is 0 Å². The molecule has 1 aliphatic heterocycles. The Hall–Kier alpha value is -2.47. The number of amides is 1. The Morgan fingerprint density at radius 1 is 1.61 bits per heavy atom. The number of aromatic nitrogens is 1. The second kappa shape index (κ2) is 7.69. The minimum atomic E-state index is -1.13. The molecule has 0 bridgehead atoms. The highest BCUT2D eigenvalue weighted by molar-refractivity contribution is 7.10. The van der Waals surface area contributed by atoms with Gasteiger partial charge in [-0.05, 0) is 13.3 Å². The van der Waals surface area contributed by atoms with Crippen molar-refractivity contribution in [1.29, 1.82) is 5.26 Å². The van der Waals surface area contributed by atoms with Crippen LogP contribution in [0.1, 0.15) is 34.8 Å². The number of nitrogens with zero attached hydrogens (tertiary/aromatic N) is 3. The first-order valence-corrected chi connectivity index (χ1v) is 7.91. The molecule has 8 nitrogen and oxygen atoms in total. The lowest BCUT2D eigenvalue weighted by Gasteiger charge is -2.25. The zero-order chi connectivity index (χ0) is 16.8. The fraction of sp³-hybridized carbons (Fsp3) is 0.500. The molecule has 9 heteroatoms. The Bertz CT molecular complexity index is 651. The van der Waals surface area contributed by atoms with Crippen molar-refractivity contribution in [3.05, 3.63) is 16.1 Å². The molecule has 1 fully saturated rings. The zero-order valence-corrected chi connectivity index (χ0v) is 13.3. The molecule has 0 spiro atoms. The summed E-state index contributed by atoms with van der Waals surface area (Å²) in [5.41, 5.74) is 0.0669. The van der Waals surface area contributed by atoms with Crippen molar-refractivity contribution < 1.29 is 23.9 Å². The SMILES string of the molecule is CCOC(=O)c1csc([C@@H](C#N)C(=O)CN2CCCOC2=O)n1. The number of ether oxygens (including phenoxy) is 2. The van der Waals surface area contributed by atoms with Crippen LogP contribution in [0.2, 0.25) is 0 Å². The van der Waals surface area contributed by atoms with Crippen LogP contribution in [0.15, 0.2) is 5.38 Å². The van der Waals surface area contributed by atoms with Gasteiger partial charge in [0.25, 0.3) is 0 Å². The number of thiazole rings is 1. The van der Waals surface area contributed by atoms with Crippen LogP contribution in [0, 0.1) is 11.3 Å². The molecular weight excluding hydrogens is 322 g/mol. The Kier molecular flexibility index (Phi) is 5.65. The minimum Gasteiger partial charge on any atom is -0.461 e. The molecule has 1 amide bonds. The summed E-state index contributed by atoms with van der Waals surface area (Å²) in [7, 11) is 0. The van der Waals surface area contributed by atoms with Crippen LogP contribution < -0.4 is 0 Å². The molecule has 122 valence electrons. The molecule has 1 atom stereocenters. The third-order valence-corrected chi connectivity index (χ3v) is 4.02. The van der Waals surface area contributed by atoms with Crippen molar-refractivity contribution in [2.24, 2.45) is 0 Å². The first-order chi connectivity index (χ1) is 11.1. The van der Waals surface area contributed by atoms with E-state index in [1.54, 1.807) is 6.92 Å². The second-order valence-electron chi connectivity index (χ2n) is 4.71. The number of hydrogen-bond acceptors (Lipinski definition) is 8. The summed E-state index contributed by atoms with van der Waals surface area (Å²) in [5, 5.41) is 10.9. The molecule has 0 aliphatic carbocycles. The van der Waals surface area contributed by atoms with E-state index < -0.39 is 23.8 Å². The van der Waals surface area contributed by atoms with E-state index in [1.807, 2.05) is 6.07 Å². The van der Waals surface area contributed by atoms with Crippen LogP contribution in [-0.2, 0) is 14.3 Å². The quantitative estimate of drug-likeness (QED) is 0.720. The van der Waals surface area contributed by atoms with Gasteiger partial charge >= 0.3 is 12.1 Å². The zero-order valence-electron chi connectivity index (χ0n) is 12.5. The van der Waals surface area contributed by atoms with E-state index in [4.69, 9.17) is 9.47 Å². The minimum absolute atomic E-state index is 0.0669. The molecule has 2 heterocycles. The van der Waals surface area contributed by atoms with Gasteiger partial charge in [-0.1, -0.05) is 0 Å². The van der Waals surface area contributed by atoms with E-state index in [2.05, 4.69) is 4.98 Å². The topological polar surface area (TPSA) is 110 Å². The maximum absolute atomic E-state index is 12.3. The summed E-state index contributed by atoms with van der Waals surface area (Å²) in [5.74, 6) is -2.19. The van der Waals surface area contributed by atoms with Gasteiger partial charge in [-0.25, -0.2) is 14.6 Å². The Balaban J connectivity index is 2.07. The number of Topliss-reactive ketones (excluding diaryl/α,β-unsaturated/α-hetero) is 1. The number of nitriles is 1. The Labute approximate surface area is 136 Å². The number of rotatable bonds is 6. The average Bonchev–Trinajstić information content (AvgIpc) is 3.00. The maximum atomic E-state index is 12.3. The molecule has 1 aliphatic rings. The molecule has 1 aromatic rings. The molecule has 0 N–H and O–H groups in total. The summed E-state index contributed by atoms with van der Waals surface area (Å²) >= 11 is 1.04. The average molecular weight is 337 g/mol. The van der Waals surface area contributed by atoms with E-state index in [1.165, 1.54) is 10.3 Å². The molecule has 0 radical (unpaired) electrons. The fourth-order valence-electron chi connectivity index (χ4n) is 2.00. The van der Waals surface area contributed by atoms with Gasteiger partial charge in [0, 0.05) is 11.9 Å². The van der Waals surface area contributed by atoms with Crippen LogP contribution in [0.3, 0.4) is 0 Å². The third kappa shape index (κ3) is 4.04. The van der Waals surface area contributed by atoms with Crippen molar-refractivity contribution in [2.45, 2.75) is 19.3 Å². The molecule has 1 saturated heterocycles. The summed E-state index contributed by atoms with van der Waals surface area (Å²) in [6.07, 6.45) is 0.0770. The van der Waals surface area contributed by atoms with Gasteiger partial charge in [0.15, 0.2) is 17.4 Å². The number of carbonyl (C=O) groups excluding carboxylic acids is 3. The van der Waals surface area contributed by atoms with E-state index in [0.29, 0.717) is 19.6 Å². The first-order valence-electron chi connectivity index (χ1n) is 7.03. The van der Waals surface area contributed by atoms with Gasteiger partial charge in [-0.2, -0.15) is 5.26 Å². The van der Waals surface area contributed by atoms with E-state index in [-0.39, 0.29) is 23.9 Å². The monoisotopic (exact) mass is 337 g/mol. The molecule has 2 rings (SSSR count). The van der Waals surface area contributed by atoms with Gasteiger partial charge in [-0.3, -0.25) is 4.79 Å². The second-order valence-corrected chi connectivity index (χ2v) is 5.60. The van der Waals surface area contributed by atoms with Crippen LogP contribution in [0.25, 0.3) is 0 Å². The lowest BCUT2D eigenvalue weighted by molar-refractivity contribution is -0.120. The van der Waals surface area contributed by atoms with E-state index in [9.17, 15) is 19.6 Å². The molecule has 1 aromatic heterocycles.